The van der Waals surface area contributed by atoms with Gasteiger partial charge in [0.25, 0.3) is 5.56 Å². The predicted octanol–water partition coefficient (Wildman–Crippen LogP) is 4.08. The van der Waals surface area contributed by atoms with Crippen LogP contribution in [-0.4, -0.2) is 21.1 Å². The lowest BCUT2D eigenvalue weighted by atomic mass is 9.73. The van der Waals surface area contributed by atoms with Crippen LogP contribution in [0.15, 0.2) is 51.8 Å². The molecule has 2 aromatic heterocycles. The Bertz CT molecular complexity index is 1180. The van der Waals surface area contributed by atoms with Gasteiger partial charge < -0.3 is 10.4 Å². The summed E-state index contributed by atoms with van der Waals surface area (Å²) in [4.78, 5) is 26.9. The van der Waals surface area contributed by atoms with E-state index in [9.17, 15) is 14.7 Å². The molecule has 1 aliphatic heterocycles. The number of phenolic OH excluding ortho intramolecular Hbond substituents is 1. The lowest BCUT2D eigenvalue weighted by Gasteiger charge is -2.34. The molecule has 0 amide bonds. The standard InChI is InChI=1S/C20H16ClN3O3S/c21-10-3-4-13(25)11(8-10)16-17-12(22-19-18(16)20(27)24-23-19)6-9(7-14(17)26)15-2-1-5-28-15/h1-5,8-9,16,25H,6-7H2,(H3,22,23,24,27)/t9-,16+/m1/s1. The molecule has 0 saturated carbocycles. The molecule has 6 nitrogen and oxygen atoms in total. The first-order chi connectivity index (χ1) is 13.5. The number of hydrogen-bond donors (Lipinski definition) is 4. The number of allylic oxidation sites excluding steroid dienone is 2. The Kier molecular flexibility index (Phi) is 3.96. The van der Waals surface area contributed by atoms with E-state index in [0.717, 1.165) is 10.6 Å². The van der Waals surface area contributed by atoms with Gasteiger partial charge in [0.2, 0.25) is 0 Å². The number of rotatable bonds is 2. The highest BCUT2D eigenvalue weighted by molar-refractivity contribution is 7.10. The third-order valence-electron chi connectivity index (χ3n) is 5.42. The van der Waals surface area contributed by atoms with E-state index in [0.29, 0.717) is 40.4 Å². The van der Waals surface area contributed by atoms with Crippen molar-refractivity contribution in [1.82, 2.24) is 10.2 Å². The number of Topliss-reactive ketones (excluding diaryl/α,β-unsaturated/α-hetero) is 1. The van der Waals surface area contributed by atoms with Gasteiger partial charge in [0, 0.05) is 39.1 Å². The second-order valence-electron chi connectivity index (χ2n) is 7.06. The molecule has 4 N–H and O–H groups in total. The largest absolute Gasteiger partial charge is 0.508 e. The fourth-order valence-corrected chi connectivity index (χ4v) is 5.22. The van der Waals surface area contributed by atoms with Crippen LogP contribution in [0, 0.1) is 0 Å². The molecule has 28 heavy (non-hydrogen) atoms. The van der Waals surface area contributed by atoms with Crippen LogP contribution in [0.25, 0.3) is 0 Å². The van der Waals surface area contributed by atoms with Crippen molar-refractivity contribution in [3.8, 4) is 5.75 Å². The van der Waals surface area contributed by atoms with Crippen molar-refractivity contribution in [2.45, 2.75) is 24.7 Å². The monoisotopic (exact) mass is 413 g/mol. The summed E-state index contributed by atoms with van der Waals surface area (Å²) >= 11 is 7.80. The second kappa shape index (κ2) is 6.39. The van der Waals surface area contributed by atoms with E-state index >= 15 is 0 Å². The molecule has 0 radical (unpaired) electrons. The van der Waals surface area contributed by atoms with Crippen molar-refractivity contribution >= 4 is 34.5 Å². The third kappa shape index (κ3) is 2.62. The zero-order chi connectivity index (χ0) is 19.4. The number of H-pyrrole nitrogens is 2. The number of ketones is 1. The molecular weight excluding hydrogens is 398 g/mol. The third-order valence-corrected chi connectivity index (χ3v) is 6.69. The molecule has 142 valence electrons. The van der Waals surface area contributed by atoms with Crippen molar-refractivity contribution in [3.63, 3.8) is 0 Å². The first-order valence-corrected chi connectivity index (χ1v) is 10.1. The van der Waals surface area contributed by atoms with Crippen molar-refractivity contribution < 1.29 is 9.90 Å². The number of carbonyl (C=O) groups is 1. The van der Waals surface area contributed by atoms with Crippen LogP contribution in [0.4, 0.5) is 5.82 Å². The number of thiophene rings is 1. The molecule has 1 aromatic carbocycles. The Labute approximate surface area is 168 Å². The number of aromatic nitrogens is 2. The number of halogens is 1. The number of aromatic amines is 2. The normalized spacial score (nSPS) is 21.2. The maximum atomic E-state index is 13.2. The summed E-state index contributed by atoms with van der Waals surface area (Å²) in [7, 11) is 0. The zero-order valence-corrected chi connectivity index (χ0v) is 16.2. The van der Waals surface area contributed by atoms with Gasteiger partial charge >= 0.3 is 0 Å². The van der Waals surface area contributed by atoms with Gasteiger partial charge in [-0.3, -0.25) is 19.8 Å². The van der Waals surface area contributed by atoms with Gasteiger partial charge in [-0.2, -0.15) is 0 Å². The number of anilines is 1. The smallest absolute Gasteiger partial charge is 0.270 e. The van der Waals surface area contributed by atoms with Crippen LogP contribution >= 0.6 is 22.9 Å². The Morgan fingerprint density at radius 1 is 1.14 bits per heavy atom. The molecule has 0 bridgehead atoms. The Morgan fingerprint density at radius 3 is 2.79 bits per heavy atom. The molecule has 3 heterocycles. The minimum Gasteiger partial charge on any atom is -0.508 e. The van der Waals surface area contributed by atoms with Gasteiger partial charge in [0.05, 0.1) is 11.5 Å². The van der Waals surface area contributed by atoms with Gasteiger partial charge in [-0.05, 0) is 36.1 Å². The van der Waals surface area contributed by atoms with Crippen LogP contribution in [0.2, 0.25) is 5.02 Å². The quantitative estimate of drug-likeness (QED) is 0.508. The molecule has 0 unspecified atom stereocenters. The van der Waals surface area contributed by atoms with Crippen molar-refractivity contribution in [1.29, 1.82) is 0 Å². The first-order valence-electron chi connectivity index (χ1n) is 8.88. The second-order valence-corrected chi connectivity index (χ2v) is 8.48. The molecule has 1 aliphatic carbocycles. The first kappa shape index (κ1) is 17.3. The Hall–Kier alpha value is -2.77. The average Bonchev–Trinajstić information content (AvgIpc) is 3.33. The summed E-state index contributed by atoms with van der Waals surface area (Å²) in [5, 5.41) is 21.6. The van der Waals surface area contributed by atoms with E-state index in [1.165, 1.54) is 6.07 Å². The minimum absolute atomic E-state index is 0.00267. The number of phenols is 1. The van der Waals surface area contributed by atoms with Crippen LogP contribution in [0.5, 0.6) is 5.75 Å². The predicted molar refractivity (Wildman–Crippen MR) is 108 cm³/mol. The minimum atomic E-state index is -0.670. The average molecular weight is 414 g/mol. The Balaban J connectivity index is 1.70. The van der Waals surface area contributed by atoms with E-state index in [1.807, 2.05) is 17.5 Å². The van der Waals surface area contributed by atoms with Crippen LogP contribution < -0.4 is 10.9 Å². The molecule has 2 aliphatic rings. The fraction of sp³-hybridized carbons (Fsp3) is 0.200. The molecule has 5 rings (SSSR count). The summed E-state index contributed by atoms with van der Waals surface area (Å²) < 4.78 is 0. The molecule has 0 spiro atoms. The van der Waals surface area contributed by atoms with E-state index in [-0.39, 0.29) is 23.0 Å². The molecular formula is C20H16ClN3O3S. The lowest BCUT2D eigenvalue weighted by molar-refractivity contribution is -0.116. The van der Waals surface area contributed by atoms with Gasteiger partial charge in [-0.1, -0.05) is 17.7 Å². The molecule has 0 fully saturated rings. The van der Waals surface area contributed by atoms with Gasteiger partial charge in [0.1, 0.15) is 11.6 Å². The Morgan fingerprint density at radius 2 is 2.00 bits per heavy atom. The summed E-state index contributed by atoms with van der Waals surface area (Å²) in [5.74, 6) is -0.0743. The van der Waals surface area contributed by atoms with E-state index in [4.69, 9.17) is 11.6 Å². The summed E-state index contributed by atoms with van der Waals surface area (Å²) in [6.07, 6.45) is 1.03. The topological polar surface area (TPSA) is 98.0 Å². The summed E-state index contributed by atoms with van der Waals surface area (Å²) in [6.45, 7) is 0. The van der Waals surface area contributed by atoms with E-state index in [1.54, 1.807) is 23.5 Å². The van der Waals surface area contributed by atoms with Gasteiger partial charge in [-0.15, -0.1) is 11.3 Å². The molecule has 8 heteroatoms. The van der Waals surface area contributed by atoms with Crippen LogP contribution in [0.3, 0.4) is 0 Å². The molecule has 0 saturated heterocycles. The van der Waals surface area contributed by atoms with Crippen molar-refractivity contribution in [3.05, 3.63) is 78.4 Å². The van der Waals surface area contributed by atoms with E-state index in [2.05, 4.69) is 15.5 Å². The molecule has 3 aromatic rings. The van der Waals surface area contributed by atoms with Gasteiger partial charge in [0.15, 0.2) is 5.78 Å². The number of fused-ring (bicyclic) bond motifs is 1. The highest BCUT2D eigenvalue weighted by Gasteiger charge is 2.41. The SMILES string of the molecule is O=C1C[C@H](c2cccs2)CC2=C1[C@H](c1cc(Cl)ccc1O)c1c([nH][nH]c1=O)N2. The highest BCUT2D eigenvalue weighted by Crippen LogP contribution is 2.48. The van der Waals surface area contributed by atoms with Crippen LogP contribution in [0.1, 0.15) is 40.7 Å². The maximum Gasteiger partial charge on any atom is 0.270 e. The van der Waals surface area contributed by atoms with E-state index < -0.39 is 5.92 Å². The lowest BCUT2D eigenvalue weighted by Crippen LogP contribution is -2.31. The number of nitrogens with one attached hydrogen (secondary N) is 3. The van der Waals surface area contributed by atoms with Crippen molar-refractivity contribution in [2.24, 2.45) is 0 Å². The van der Waals surface area contributed by atoms with Crippen LogP contribution in [-0.2, 0) is 4.79 Å². The number of hydrogen-bond acceptors (Lipinski definition) is 5. The van der Waals surface area contributed by atoms with Crippen molar-refractivity contribution in [2.75, 3.05) is 5.32 Å². The van der Waals surface area contributed by atoms with Gasteiger partial charge in [-0.25, -0.2) is 0 Å². The number of benzene rings is 1. The summed E-state index contributed by atoms with van der Waals surface area (Å²) in [6, 6.07) is 8.71. The summed E-state index contributed by atoms with van der Waals surface area (Å²) in [5.41, 5.74) is 1.83. The number of aromatic hydroxyl groups is 1. The molecule has 2 atom stereocenters. The number of carbonyl (C=O) groups excluding carboxylic acids is 1. The maximum absolute atomic E-state index is 13.2. The zero-order valence-electron chi connectivity index (χ0n) is 14.6. The highest BCUT2D eigenvalue weighted by atomic mass is 35.5. The fourth-order valence-electron chi connectivity index (χ4n) is 4.21.